The molecule has 0 radical (unpaired) electrons. The molecule has 108 valence electrons. The second kappa shape index (κ2) is 9.28. The molecule has 2 heteroatoms. The minimum absolute atomic E-state index is 0.250. The average Bonchev–Trinajstić information content (AvgIpc) is 2.49. The second-order valence-corrected chi connectivity index (χ2v) is 5.46. The number of benzene rings is 1. The van der Waals surface area contributed by atoms with Gasteiger partial charge < -0.3 is 0 Å². The predicted molar refractivity (Wildman–Crippen MR) is 81.1 cm³/mol. The maximum atomic E-state index is 8.12. The first-order chi connectivity index (χ1) is 9.74. The van der Waals surface area contributed by atoms with Gasteiger partial charge in [0.2, 0.25) is 0 Å². The van der Waals surface area contributed by atoms with Crippen LogP contribution in [-0.2, 0) is 9.59 Å². The number of rotatable bonds is 4. The highest BCUT2D eigenvalue weighted by molar-refractivity contribution is 5.47. The Labute approximate surface area is 121 Å². The molecule has 0 atom stereocenters. The number of carbonyl (C=O) groups excluding carboxylic acids is 2. The maximum Gasteiger partial charge on any atom is 0.373 e. The van der Waals surface area contributed by atoms with E-state index in [1.807, 2.05) is 6.08 Å². The van der Waals surface area contributed by atoms with E-state index in [2.05, 4.69) is 37.8 Å². The SMILES string of the molecule is C=Cc1ccc(C2CCC(CCC)CC2)cc1.O=C=O. The molecule has 2 rings (SSSR count). The summed E-state index contributed by atoms with van der Waals surface area (Å²) in [5, 5.41) is 0. The molecule has 0 bridgehead atoms. The van der Waals surface area contributed by atoms with Gasteiger partial charge in [-0.05, 0) is 48.6 Å². The smallest absolute Gasteiger partial charge is 0.186 e. The van der Waals surface area contributed by atoms with Gasteiger partial charge in [-0.3, -0.25) is 0 Å². The summed E-state index contributed by atoms with van der Waals surface area (Å²) < 4.78 is 0. The van der Waals surface area contributed by atoms with Gasteiger partial charge in [0.25, 0.3) is 0 Å². The van der Waals surface area contributed by atoms with Crippen molar-refractivity contribution in [1.82, 2.24) is 0 Å². The minimum atomic E-state index is 0.250. The largest absolute Gasteiger partial charge is 0.373 e. The third-order valence-electron chi connectivity index (χ3n) is 4.19. The first-order valence-corrected chi connectivity index (χ1v) is 7.46. The van der Waals surface area contributed by atoms with Gasteiger partial charge in [0.1, 0.15) is 0 Å². The van der Waals surface area contributed by atoms with E-state index < -0.39 is 0 Å². The van der Waals surface area contributed by atoms with Crippen LogP contribution in [0.1, 0.15) is 62.5 Å². The van der Waals surface area contributed by atoms with Crippen molar-refractivity contribution < 1.29 is 9.59 Å². The van der Waals surface area contributed by atoms with Crippen LogP contribution in [-0.4, -0.2) is 6.15 Å². The molecular weight excluding hydrogens is 248 g/mol. The molecule has 0 aliphatic heterocycles. The zero-order valence-electron chi connectivity index (χ0n) is 12.3. The number of hydrogen-bond donors (Lipinski definition) is 0. The molecule has 1 aliphatic rings. The molecule has 1 saturated carbocycles. The molecule has 2 nitrogen and oxygen atoms in total. The minimum Gasteiger partial charge on any atom is -0.186 e. The van der Waals surface area contributed by atoms with Crippen molar-refractivity contribution in [2.45, 2.75) is 51.4 Å². The van der Waals surface area contributed by atoms with E-state index in [4.69, 9.17) is 9.59 Å². The fourth-order valence-corrected chi connectivity index (χ4v) is 3.10. The van der Waals surface area contributed by atoms with Crippen LogP contribution in [0, 0.1) is 5.92 Å². The van der Waals surface area contributed by atoms with E-state index in [-0.39, 0.29) is 6.15 Å². The van der Waals surface area contributed by atoms with Crippen molar-refractivity contribution in [3.05, 3.63) is 42.0 Å². The highest BCUT2D eigenvalue weighted by Crippen LogP contribution is 2.37. The zero-order valence-corrected chi connectivity index (χ0v) is 12.3. The standard InChI is InChI=1S/C17H24.CO2/c1-3-5-15-8-12-17(13-9-15)16-10-6-14(4-2)7-11-16;2-1-3/h4,6-7,10-11,15,17H,2-3,5,8-9,12-13H2,1H3;. The molecular formula is C18H24O2. The molecule has 0 amide bonds. The fraction of sp³-hybridized carbons (Fsp3) is 0.500. The summed E-state index contributed by atoms with van der Waals surface area (Å²) in [5.74, 6) is 1.81. The molecule has 0 spiro atoms. The molecule has 1 fully saturated rings. The first kappa shape index (κ1) is 16.4. The molecule has 0 saturated heterocycles. The van der Waals surface area contributed by atoms with Crippen molar-refractivity contribution in [2.24, 2.45) is 5.92 Å². The Morgan fingerprint density at radius 3 is 2.15 bits per heavy atom. The van der Waals surface area contributed by atoms with Crippen molar-refractivity contribution in [2.75, 3.05) is 0 Å². The summed E-state index contributed by atoms with van der Waals surface area (Å²) in [6, 6.07) is 8.98. The predicted octanol–water partition coefficient (Wildman–Crippen LogP) is 4.82. The van der Waals surface area contributed by atoms with Gasteiger partial charge in [-0.2, -0.15) is 9.59 Å². The van der Waals surface area contributed by atoms with E-state index >= 15 is 0 Å². The summed E-state index contributed by atoms with van der Waals surface area (Å²) >= 11 is 0. The summed E-state index contributed by atoms with van der Waals surface area (Å²) in [4.78, 5) is 16.2. The lowest BCUT2D eigenvalue weighted by Gasteiger charge is -2.28. The van der Waals surface area contributed by atoms with Gasteiger partial charge >= 0.3 is 6.15 Å². The topological polar surface area (TPSA) is 34.1 Å². The van der Waals surface area contributed by atoms with Gasteiger partial charge in [-0.15, -0.1) is 0 Å². The van der Waals surface area contributed by atoms with E-state index in [0.29, 0.717) is 0 Å². The van der Waals surface area contributed by atoms with Gasteiger partial charge in [0.15, 0.2) is 0 Å². The van der Waals surface area contributed by atoms with Crippen molar-refractivity contribution >= 4 is 12.2 Å². The van der Waals surface area contributed by atoms with Crippen LogP contribution in [0.5, 0.6) is 0 Å². The maximum absolute atomic E-state index is 8.12. The molecule has 0 aromatic heterocycles. The normalized spacial score (nSPS) is 21.2. The van der Waals surface area contributed by atoms with Crippen molar-refractivity contribution in [3.8, 4) is 0 Å². The second-order valence-electron chi connectivity index (χ2n) is 5.46. The average molecular weight is 272 g/mol. The zero-order chi connectivity index (χ0) is 14.8. The highest BCUT2D eigenvalue weighted by atomic mass is 16.2. The van der Waals surface area contributed by atoms with Crippen LogP contribution in [0.15, 0.2) is 30.8 Å². The molecule has 1 aromatic rings. The quantitative estimate of drug-likeness (QED) is 0.787. The summed E-state index contributed by atoms with van der Waals surface area (Å²) in [6.45, 7) is 6.11. The van der Waals surface area contributed by atoms with Crippen LogP contribution >= 0.6 is 0 Å². The summed E-state index contributed by atoms with van der Waals surface area (Å²) in [6.07, 6.45) is 10.6. The Balaban J connectivity index is 0.000000612. The Morgan fingerprint density at radius 2 is 1.70 bits per heavy atom. The Hall–Kier alpha value is -1.66. The van der Waals surface area contributed by atoms with Crippen LogP contribution in [0.4, 0.5) is 0 Å². The third-order valence-corrected chi connectivity index (χ3v) is 4.19. The van der Waals surface area contributed by atoms with Gasteiger partial charge in [0, 0.05) is 0 Å². The molecule has 1 aromatic carbocycles. The highest BCUT2D eigenvalue weighted by Gasteiger charge is 2.21. The summed E-state index contributed by atoms with van der Waals surface area (Å²) in [5.41, 5.74) is 2.76. The monoisotopic (exact) mass is 272 g/mol. The van der Waals surface area contributed by atoms with Crippen LogP contribution in [0.3, 0.4) is 0 Å². The lowest BCUT2D eigenvalue weighted by atomic mass is 9.77. The summed E-state index contributed by atoms with van der Waals surface area (Å²) in [7, 11) is 0. The first-order valence-electron chi connectivity index (χ1n) is 7.46. The van der Waals surface area contributed by atoms with E-state index in [1.165, 1.54) is 49.7 Å². The van der Waals surface area contributed by atoms with Crippen molar-refractivity contribution in [3.63, 3.8) is 0 Å². The molecule has 1 aliphatic carbocycles. The Bertz CT molecular complexity index is 419. The Kier molecular flexibility index (Phi) is 7.60. The lowest BCUT2D eigenvalue weighted by molar-refractivity contribution is -0.191. The van der Waals surface area contributed by atoms with E-state index in [9.17, 15) is 0 Å². The van der Waals surface area contributed by atoms with Crippen molar-refractivity contribution in [1.29, 1.82) is 0 Å². The van der Waals surface area contributed by atoms with Gasteiger partial charge in [0.05, 0.1) is 0 Å². The van der Waals surface area contributed by atoms with Crippen LogP contribution < -0.4 is 0 Å². The van der Waals surface area contributed by atoms with E-state index in [0.717, 1.165) is 11.8 Å². The van der Waals surface area contributed by atoms with Gasteiger partial charge in [-0.1, -0.05) is 56.7 Å². The molecule has 20 heavy (non-hydrogen) atoms. The molecule has 0 heterocycles. The van der Waals surface area contributed by atoms with Crippen LogP contribution in [0.2, 0.25) is 0 Å². The van der Waals surface area contributed by atoms with Crippen LogP contribution in [0.25, 0.3) is 6.08 Å². The van der Waals surface area contributed by atoms with E-state index in [1.54, 1.807) is 0 Å². The number of hydrogen-bond acceptors (Lipinski definition) is 2. The lowest BCUT2D eigenvalue weighted by Crippen LogP contribution is -2.13. The third kappa shape index (κ3) is 5.14. The Morgan fingerprint density at radius 1 is 1.15 bits per heavy atom. The molecule has 0 unspecified atom stereocenters. The van der Waals surface area contributed by atoms with Gasteiger partial charge in [-0.25, -0.2) is 0 Å². The fourth-order valence-electron chi connectivity index (χ4n) is 3.10. The molecule has 0 N–H and O–H groups in total.